The van der Waals surface area contributed by atoms with Gasteiger partial charge in [-0.2, -0.15) is 0 Å². The van der Waals surface area contributed by atoms with E-state index in [9.17, 15) is 11.9 Å². The first-order valence-corrected chi connectivity index (χ1v) is 6.12. The number of anilines is 1. The van der Waals surface area contributed by atoms with Crippen LogP contribution in [-0.4, -0.2) is 14.2 Å². The van der Waals surface area contributed by atoms with Gasteiger partial charge in [0, 0.05) is 0 Å². The van der Waals surface area contributed by atoms with E-state index in [2.05, 4.69) is 0 Å². The van der Waals surface area contributed by atoms with Crippen LogP contribution >= 0.6 is 0 Å². The average molecular weight is 238 g/mol. The molecule has 4 nitrogen and oxygen atoms in total. The van der Waals surface area contributed by atoms with Crippen molar-refractivity contribution in [3.05, 3.63) is 24.3 Å². The normalized spacial score (nSPS) is 10.5. The average Bonchev–Trinajstić information content (AvgIpc) is 1.86. The second-order valence-corrected chi connectivity index (χ2v) is 5.26. The molecule has 0 aliphatic heterocycles. The summed E-state index contributed by atoms with van der Waals surface area (Å²) in [5, 5.41) is 0. The number of benzene rings is 1. The van der Waals surface area contributed by atoms with E-state index in [1.807, 2.05) is 0 Å². The summed E-state index contributed by atoms with van der Waals surface area (Å²) in [6.07, 6.45) is 0. The van der Waals surface area contributed by atoms with E-state index in [0.717, 1.165) is 0 Å². The summed E-state index contributed by atoms with van der Waals surface area (Å²) in [5.74, 6) is 0. The molecular formula is C6H6AsNNaO3-. The second-order valence-electron chi connectivity index (χ2n) is 2.09. The van der Waals surface area contributed by atoms with Crippen LogP contribution in [0.3, 0.4) is 0 Å². The smallest absolute Gasteiger partial charge is 1.00 e. The molecule has 0 radical (unpaired) electrons. The fourth-order valence-corrected chi connectivity index (χ4v) is 1.74. The zero-order chi connectivity index (χ0) is 8.48. The molecular weight excluding hydrogens is 232 g/mol. The van der Waals surface area contributed by atoms with Crippen molar-refractivity contribution in [1.82, 2.24) is 0 Å². The molecule has 0 aromatic heterocycles. The van der Waals surface area contributed by atoms with Crippen molar-refractivity contribution in [2.75, 3.05) is 5.73 Å². The van der Waals surface area contributed by atoms with Crippen LogP contribution in [0.1, 0.15) is 0 Å². The Morgan fingerprint density at radius 3 is 1.92 bits per heavy atom. The van der Waals surface area contributed by atoms with Gasteiger partial charge in [0.05, 0.1) is 0 Å². The molecule has 0 unspecified atom stereocenters. The van der Waals surface area contributed by atoms with Crippen LogP contribution in [0, 0.1) is 0 Å². The third-order valence-corrected chi connectivity index (χ3v) is 3.16. The van der Waals surface area contributed by atoms with Crippen molar-refractivity contribution in [2.24, 2.45) is 0 Å². The summed E-state index contributed by atoms with van der Waals surface area (Å²) in [7, 11) is 0. The largest absolute Gasteiger partial charge is 1.00 e. The molecule has 60 valence electrons. The van der Waals surface area contributed by atoms with Crippen LogP contribution in [0.2, 0.25) is 0 Å². The maximum absolute atomic E-state index is 10.4. The summed E-state index contributed by atoms with van der Waals surface area (Å²) in [6, 6.07) is 5.21. The Bertz CT molecular complexity index is 294. The molecule has 0 fully saturated rings. The molecule has 1 aromatic rings. The third kappa shape index (κ3) is 3.35. The Kier molecular flexibility index (Phi) is 4.62. The molecule has 12 heavy (non-hydrogen) atoms. The summed E-state index contributed by atoms with van der Waals surface area (Å²) >= 11 is -5.18. The van der Waals surface area contributed by atoms with Crippen LogP contribution in [0.15, 0.2) is 24.3 Å². The predicted octanol–water partition coefficient (Wildman–Crippen LogP) is -5.43. The second kappa shape index (κ2) is 4.51. The summed E-state index contributed by atoms with van der Waals surface area (Å²) in [6.45, 7) is 0. The fraction of sp³-hybridized carbons (Fsp3) is 0. The van der Waals surface area contributed by atoms with E-state index in [4.69, 9.17) is 5.73 Å². The topological polar surface area (TPSA) is 89.2 Å². The van der Waals surface area contributed by atoms with Gasteiger partial charge in [-0.25, -0.2) is 0 Å². The first-order valence-electron chi connectivity index (χ1n) is 2.88. The van der Waals surface area contributed by atoms with E-state index >= 15 is 0 Å². The van der Waals surface area contributed by atoms with Gasteiger partial charge in [0.2, 0.25) is 0 Å². The van der Waals surface area contributed by atoms with Gasteiger partial charge in [-0.05, 0) is 0 Å². The molecule has 1 rings (SSSR count). The number of hydrogen-bond acceptors (Lipinski definition) is 4. The molecule has 0 bridgehead atoms. The zero-order valence-electron chi connectivity index (χ0n) is 6.56. The summed E-state index contributed by atoms with van der Waals surface area (Å²) in [4.78, 5) is 0. The fourth-order valence-electron chi connectivity index (χ4n) is 0.657. The number of hydrogen-bond donors (Lipinski definition) is 1. The van der Waals surface area contributed by atoms with Gasteiger partial charge < -0.3 is 0 Å². The maximum atomic E-state index is 10.4. The molecule has 0 aliphatic carbocycles. The molecule has 1 aromatic carbocycles. The van der Waals surface area contributed by atoms with Crippen LogP contribution in [-0.2, 0) is 3.74 Å². The minimum atomic E-state index is -5.18. The van der Waals surface area contributed by atoms with Gasteiger partial charge in [-0.15, -0.1) is 0 Å². The van der Waals surface area contributed by atoms with E-state index < -0.39 is 14.2 Å². The standard InChI is InChI=1S/C6H8AsNO3.Na/c8-6-3-1-5(2-4-6)7(9,10)11;/h1-4H,8H2,(H2,9,10,11);/q;+1/p-2. The van der Waals surface area contributed by atoms with E-state index in [1.165, 1.54) is 24.3 Å². The monoisotopic (exact) mass is 238 g/mol. The Balaban J connectivity index is 0.00000121. The van der Waals surface area contributed by atoms with Crippen molar-refractivity contribution in [3.8, 4) is 0 Å². The van der Waals surface area contributed by atoms with E-state index in [0.29, 0.717) is 5.69 Å². The van der Waals surface area contributed by atoms with Crippen molar-refractivity contribution in [2.45, 2.75) is 0 Å². The van der Waals surface area contributed by atoms with E-state index in [1.54, 1.807) is 0 Å². The number of nitrogens with two attached hydrogens (primary N) is 1. The zero-order valence-corrected chi connectivity index (χ0v) is 10.4. The molecule has 0 saturated heterocycles. The molecule has 0 spiro atoms. The quantitative estimate of drug-likeness (QED) is 0.390. The third-order valence-electron chi connectivity index (χ3n) is 1.21. The van der Waals surface area contributed by atoms with Gasteiger partial charge in [-0.1, -0.05) is 0 Å². The number of nitrogen functional groups attached to an aromatic ring is 1. The van der Waals surface area contributed by atoms with Crippen molar-refractivity contribution < 1.29 is 41.5 Å². The van der Waals surface area contributed by atoms with Crippen molar-refractivity contribution in [1.29, 1.82) is 0 Å². The molecule has 6 heteroatoms. The first-order chi connectivity index (χ1) is 5.00. The molecule has 0 atom stereocenters. The Hall–Kier alpha value is 0.298. The van der Waals surface area contributed by atoms with Gasteiger partial charge in [0.25, 0.3) is 0 Å². The van der Waals surface area contributed by atoms with Gasteiger partial charge in [0.15, 0.2) is 0 Å². The Morgan fingerprint density at radius 1 is 1.17 bits per heavy atom. The molecule has 2 N–H and O–H groups in total. The minimum Gasteiger partial charge on any atom is 1.00 e. The van der Waals surface area contributed by atoms with Gasteiger partial charge >= 0.3 is 95.7 Å². The first kappa shape index (κ1) is 12.3. The molecule has 0 amide bonds. The van der Waals surface area contributed by atoms with Crippen molar-refractivity contribution in [3.63, 3.8) is 0 Å². The van der Waals surface area contributed by atoms with Crippen LogP contribution in [0.5, 0.6) is 0 Å². The molecule has 0 saturated carbocycles. The maximum Gasteiger partial charge on any atom is 1.00 e. The SMILES string of the molecule is Nc1ccc([As](=O)([O-])[O-])cc1.[Na+]. The van der Waals surface area contributed by atoms with Gasteiger partial charge in [0.1, 0.15) is 0 Å². The minimum absolute atomic E-state index is 0. The van der Waals surface area contributed by atoms with Crippen LogP contribution in [0.4, 0.5) is 5.69 Å². The van der Waals surface area contributed by atoms with E-state index in [-0.39, 0.29) is 33.9 Å². The predicted molar refractivity (Wildman–Crippen MR) is 36.9 cm³/mol. The Morgan fingerprint density at radius 2 is 1.58 bits per heavy atom. The Labute approximate surface area is 95.1 Å². The molecule has 0 heterocycles. The molecule has 0 aliphatic rings. The van der Waals surface area contributed by atoms with Crippen LogP contribution < -0.4 is 47.8 Å². The van der Waals surface area contributed by atoms with Gasteiger partial charge in [-0.3, -0.25) is 0 Å². The number of rotatable bonds is 1. The van der Waals surface area contributed by atoms with Crippen molar-refractivity contribution >= 4 is 24.2 Å². The summed E-state index contributed by atoms with van der Waals surface area (Å²) < 4.78 is 31.1. The summed E-state index contributed by atoms with van der Waals surface area (Å²) in [5.41, 5.74) is 5.73. The van der Waals surface area contributed by atoms with Crippen LogP contribution in [0.25, 0.3) is 0 Å².